The van der Waals surface area contributed by atoms with Crippen LogP contribution in [-0.4, -0.2) is 21.4 Å². The van der Waals surface area contributed by atoms with Gasteiger partial charge in [0, 0.05) is 0 Å². The predicted molar refractivity (Wildman–Crippen MR) is 67.4 cm³/mol. The van der Waals surface area contributed by atoms with Crippen LogP contribution < -0.4 is 16.1 Å². The largest absolute Gasteiger partial charge is 0.494 e. The topological polar surface area (TPSA) is 79.9 Å². The molecular formula is C12H15N3O3. The van der Waals surface area contributed by atoms with E-state index in [1.807, 2.05) is 0 Å². The molecule has 0 spiro atoms. The Labute approximate surface area is 103 Å². The fraction of sp³-hybridized carbons (Fsp3) is 0.333. The molecule has 18 heavy (non-hydrogen) atoms. The summed E-state index contributed by atoms with van der Waals surface area (Å²) < 4.78 is 6.52. The third-order valence-corrected chi connectivity index (χ3v) is 2.54. The van der Waals surface area contributed by atoms with Gasteiger partial charge in [0.1, 0.15) is 5.75 Å². The van der Waals surface area contributed by atoms with E-state index < -0.39 is 11.4 Å². The summed E-state index contributed by atoms with van der Waals surface area (Å²) in [4.78, 5) is 22.8. The second kappa shape index (κ2) is 5.39. The number of nitrogens with zero attached hydrogens (tertiary/aromatic N) is 1. The first-order chi connectivity index (χ1) is 8.72. The molecule has 0 atom stereocenters. The summed E-state index contributed by atoms with van der Waals surface area (Å²) in [6, 6.07) is 6.82. The summed E-state index contributed by atoms with van der Waals surface area (Å²) in [5.41, 5.74) is -0.468. The Morgan fingerprint density at radius 3 is 2.28 bits per heavy atom. The Kier molecular flexibility index (Phi) is 3.66. The highest BCUT2D eigenvalue weighted by Gasteiger charge is 2.05. The van der Waals surface area contributed by atoms with Crippen LogP contribution in [0.1, 0.15) is 19.8 Å². The second-order valence-corrected chi connectivity index (χ2v) is 3.89. The average molecular weight is 249 g/mol. The summed E-state index contributed by atoms with van der Waals surface area (Å²) >= 11 is 0. The van der Waals surface area contributed by atoms with Gasteiger partial charge >= 0.3 is 11.4 Å². The molecule has 2 N–H and O–H groups in total. The van der Waals surface area contributed by atoms with Crippen molar-refractivity contribution in [3.63, 3.8) is 0 Å². The van der Waals surface area contributed by atoms with Crippen molar-refractivity contribution in [3.05, 3.63) is 45.2 Å². The van der Waals surface area contributed by atoms with Crippen LogP contribution in [0.5, 0.6) is 5.75 Å². The van der Waals surface area contributed by atoms with Gasteiger partial charge in [-0.05, 0) is 30.7 Å². The van der Waals surface area contributed by atoms with Crippen LogP contribution in [0.4, 0.5) is 0 Å². The molecule has 0 saturated carbocycles. The summed E-state index contributed by atoms with van der Waals surface area (Å²) in [7, 11) is 0. The fourth-order valence-electron chi connectivity index (χ4n) is 1.57. The lowest BCUT2D eigenvalue weighted by Crippen LogP contribution is -2.24. The molecule has 1 aromatic carbocycles. The van der Waals surface area contributed by atoms with E-state index in [4.69, 9.17) is 4.74 Å². The lowest BCUT2D eigenvalue weighted by Gasteiger charge is -2.05. The average Bonchev–Trinajstić information content (AvgIpc) is 2.71. The van der Waals surface area contributed by atoms with Crippen molar-refractivity contribution in [2.75, 3.05) is 6.61 Å². The van der Waals surface area contributed by atoms with E-state index in [9.17, 15) is 9.59 Å². The van der Waals surface area contributed by atoms with Gasteiger partial charge in [0.25, 0.3) is 0 Å². The van der Waals surface area contributed by atoms with Crippen LogP contribution in [-0.2, 0) is 0 Å². The van der Waals surface area contributed by atoms with Crippen LogP contribution >= 0.6 is 0 Å². The minimum Gasteiger partial charge on any atom is -0.494 e. The Morgan fingerprint density at radius 2 is 1.72 bits per heavy atom. The van der Waals surface area contributed by atoms with Gasteiger partial charge in [-0.2, -0.15) is 0 Å². The number of H-pyrrole nitrogens is 2. The zero-order valence-corrected chi connectivity index (χ0v) is 10.1. The second-order valence-electron chi connectivity index (χ2n) is 3.89. The number of nitrogens with one attached hydrogen (secondary N) is 2. The van der Waals surface area contributed by atoms with Crippen molar-refractivity contribution in [1.29, 1.82) is 0 Å². The predicted octanol–water partition coefficient (Wildman–Crippen LogP) is 1.03. The lowest BCUT2D eigenvalue weighted by molar-refractivity contribution is 0.309. The van der Waals surface area contributed by atoms with Gasteiger partial charge in [0.2, 0.25) is 0 Å². The molecule has 0 amide bonds. The van der Waals surface area contributed by atoms with E-state index in [0.29, 0.717) is 12.3 Å². The SMILES string of the molecule is CCCCOc1ccc(-n2c(=O)[nH][nH]c2=O)cc1. The lowest BCUT2D eigenvalue weighted by atomic mass is 10.3. The molecule has 0 aliphatic rings. The van der Waals surface area contributed by atoms with Crippen molar-refractivity contribution in [2.24, 2.45) is 0 Å². The van der Waals surface area contributed by atoms with E-state index in [-0.39, 0.29) is 0 Å². The van der Waals surface area contributed by atoms with E-state index in [1.54, 1.807) is 24.3 Å². The summed E-state index contributed by atoms with van der Waals surface area (Å²) in [5, 5.41) is 4.46. The number of benzene rings is 1. The summed E-state index contributed by atoms with van der Waals surface area (Å²) in [6.45, 7) is 2.76. The minimum absolute atomic E-state index is 0.486. The van der Waals surface area contributed by atoms with Crippen LogP contribution in [0, 0.1) is 0 Å². The molecule has 1 heterocycles. The molecule has 96 valence electrons. The van der Waals surface area contributed by atoms with E-state index >= 15 is 0 Å². The van der Waals surface area contributed by atoms with Crippen LogP contribution in [0.2, 0.25) is 0 Å². The maximum atomic E-state index is 11.4. The molecule has 1 aromatic heterocycles. The standard InChI is InChI=1S/C12H15N3O3/c1-2-3-8-18-10-6-4-9(5-7-10)15-11(16)13-14-12(15)17/h4-7H,2-3,8H2,1H3,(H,13,16)(H,14,17). The fourth-order valence-corrected chi connectivity index (χ4v) is 1.57. The molecule has 0 radical (unpaired) electrons. The number of hydrogen-bond acceptors (Lipinski definition) is 3. The Balaban J connectivity index is 2.18. The molecule has 0 fully saturated rings. The van der Waals surface area contributed by atoms with E-state index in [1.165, 1.54) is 0 Å². The minimum atomic E-state index is -0.486. The van der Waals surface area contributed by atoms with Crippen molar-refractivity contribution < 1.29 is 4.74 Å². The Morgan fingerprint density at radius 1 is 1.11 bits per heavy atom. The molecular weight excluding hydrogens is 234 g/mol. The number of rotatable bonds is 5. The first-order valence-corrected chi connectivity index (χ1v) is 5.85. The zero-order valence-electron chi connectivity index (χ0n) is 10.1. The maximum Gasteiger partial charge on any atom is 0.348 e. The number of unbranched alkanes of at least 4 members (excludes halogenated alkanes) is 1. The summed E-state index contributed by atoms with van der Waals surface area (Å²) in [5.74, 6) is 0.729. The van der Waals surface area contributed by atoms with Gasteiger partial charge in [0.15, 0.2) is 0 Å². The molecule has 0 saturated heterocycles. The van der Waals surface area contributed by atoms with Crippen LogP contribution in [0.15, 0.2) is 33.9 Å². The maximum absolute atomic E-state index is 11.4. The van der Waals surface area contributed by atoms with Gasteiger partial charge in [-0.1, -0.05) is 13.3 Å². The van der Waals surface area contributed by atoms with Crippen LogP contribution in [0.3, 0.4) is 0 Å². The zero-order chi connectivity index (χ0) is 13.0. The van der Waals surface area contributed by atoms with Gasteiger partial charge in [-0.25, -0.2) is 24.4 Å². The quantitative estimate of drug-likeness (QED) is 0.777. The number of aromatic amines is 2. The van der Waals surface area contributed by atoms with E-state index in [2.05, 4.69) is 17.1 Å². The van der Waals surface area contributed by atoms with Crippen molar-refractivity contribution in [3.8, 4) is 11.4 Å². The monoisotopic (exact) mass is 249 g/mol. The van der Waals surface area contributed by atoms with Gasteiger partial charge in [0.05, 0.1) is 12.3 Å². The highest BCUT2D eigenvalue weighted by molar-refractivity contribution is 5.36. The molecule has 0 unspecified atom stereocenters. The van der Waals surface area contributed by atoms with Crippen molar-refractivity contribution in [1.82, 2.24) is 14.8 Å². The third-order valence-electron chi connectivity index (χ3n) is 2.54. The van der Waals surface area contributed by atoms with Gasteiger partial charge < -0.3 is 4.74 Å². The first kappa shape index (κ1) is 12.2. The van der Waals surface area contributed by atoms with Crippen molar-refractivity contribution >= 4 is 0 Å². The number of ether oxygens (including phenoxy) is 1. The third kappa shape index (κ3) is 2.53. The molecule has 2 aromatic rings. The molecule has 2 rings (SSSR count). The first-order valence-electron chi connectivity index (χ1n) is 5.85. The Hall–Kier alpha value is -2.24. The van der Waals surface area contributed by atoms with Crippen LogP contribution in [0.25, 0.3) is 5.69 Å². The van der Waals surface area contributed by atoms with Gasteiger partial charge in [-0.3, -0.25) is 0 Å². The molecule has 0 bridgehead atoms. The van der Waals surface area contributed by atoms with Crippen molar-refractivity contribution in [2.45, 2.75) is 19.8 Å². The highest BCUT2D eigenvalue weighted by atomic mass is 16.5. The molecule has 6 nitrogen and oxygen atoms in total. The van der Waals surface area contributed by atoms with E-state index in [0.717, 1.165) is 23.2 Å². The van der Waals surface area contributed by atoms with Gasteiger partial charge in [-0.15, -0.1) is 0 Å². The molecule has 0 aliphatic heterocycles. The molecule has 0 aliphatic carbocycles. The smallest absolute Gasteiger partial charge is 0.348 e. The highest BCUT2D eigenvalue weighted by Crippen LogP contribution is 2.13. The normalized spacial score (nSPS) is 10.5. The summed E-state index contributed by atoms with van der Waals surface area (Å²) in [6.07, 6.45) is 2.07. The number of aromatic nitrogens is 3. The Bertz CT molecular complexity index is 579. The molecule has 6 heteroatoms. The number of hydrogen-bond donors (Lipinski definition) is 2.